The lowest BCUT2D eigenvalue weighted by Crippen LogP contribution is -2.26. The maximum atomic E-state index is 6.04. The number of aryl methyl sites for hydroxylation is 2. The molecular formula is C16H25N5. The second kappa shape index (κ2) is 5.47. The fraction of sp³-hybridized carbons (Fsp3) is 0.562. The minimum Gasteiger partial charge on any atom is -0.398 e. The standard InChI is InChI=1S/C16H25N5/c1-10(2)16(5,6)9-21-15(18-19-20-21)13-8-14(17)12(4)7-11(13)3/h7-8,10H,9,17H2,1-6H3. The Morgan fingerprint density at radius 1 is 1.19 bits per heavy atom. The van der Waals surface area contributed by atoms with E-state index >= 15 is 0 Å². The average Bonchev–Trinajstić information content (AvgIpc) is 2.81. The second-order valence-electron chi connectivity index (χ2n) is 6.83. The third kappa shape index (κ3) is 3.06. The number of tetrazole rings is 1. The third-order valence-electron chi connectivity index (χ3n) is 4.51. The summed E-state index contributed by atoms with van der Waals surface area (Å²) in [6.45, 7) is 13.8. The summed E-state index contributed by atoms with van der Waals surface area (Å²) in [5, 5.41) is 12.2. The highest BCUT2D eigenvalue weighted by atomic mass is 15.5. The molecule has 0 amide bonds. The van der Waals surface area contributed by atoms with Crippen LogP contribution in [-0.2, 0) is 6.54 Å². The summed E-state index contributed by atoms with van der Waals surface area (Å²) in [6, 6.07) is 4.05. The highest BCUT2D eigenvalue weighted by Crippen LogP contribution is 2.31. The summed E-state index contributed by atoms with van der Waals surface area (Å²) in [5.74, 6) is 1.33. The van der Waals surface area contributed by atoms with E-state index in [-0.39, 0.29) is 5.41 Å². The number of anilines is 1. The van der Waals surface area contributed by atoms with Crippen LogP contribution in [0.25, 0.3) is 11.4 Å². The van der Waals surface area contributed by atoms with Crippen LogP contribution in [0.3, 0.4) is 0 Å². The summed E-state index contributed by atoms with van der Waals surface area (Å²) < 4.78 is 1.89. The summed E-state index contributed by atoms with van der Waals surface area (Å²) in [7, 11) is 0. The zero-order valence-electron chi connectivity index (χ0n) is 13.8. The van der Waals surface area contributed by atoms with Crippen molar-refractivity contribution in [1.82, 2.24) is 20.2 Å². The van der Waals surface area contributed by atoms with Crippen LogP contribution in [-0.4, -0.2) is 20.2 Å². The van der Waals surface area contributed by atoms with E-state index in [1.54, 1.807) is 0 Å². The molecule has 0 aliphatic heterocycles. The van der Waals surface area contributed by atoms with Crippen molar-refractivity contribution < 1.29 is 0 Å². The van der Waals surface area contributed by atoms with Gasteiger partial charge in [0.05, 0.1) is 6.54 Å². The average molecular weight is 287 g/mol. The number of hydrogen-bond donors (Lipinski definition) is 1. The van der Waals surface area contributed by atoms with Crippen molar-refractivity contribution in [2.75, 3.05) is 5.73 Å². The van der Waals surface area contributed by atoms with Gasteiger partial charge in [0.1, 0.15) is 0 Å². The first-order chi connectivity index (χ1) is 9.72. The highest BCUT2D eigenvalue weighted by Gasteiger charge is 2.25. The molecule has 5 nitrogen and oxygen atoms in total. The third-order valence-corrected chi connectivity index (χ3v) is 4.51. The van der Waals surface area contributed by atoms with Gasteiger partial charge in [-0.2, -0.15) is 0 Å². The largest absolute Gasteiger partial charge is 0.398 e. The summed E-state index contributed by atoms with van der Waals surface area (Å²) in [6.07, 6.45) is 0. The zero-order valence-corrected chi connectivity index (χ0v) is 13.8. The minimum atomic E-state index is 0.119. The van der Waals surface area contributed by atoms with Crippen molar-refractivity contribution in [1.29, 1.82) is 0 Å². The highest BCUT2D eigenvalue weighted by molar-refractivity contribution is 5.67. The molecule has 2 rings (SSSR count). The first-order valence-electron chi connectivity index (χ1n) is 7.35. The van der Waals surface area contributed by atoms with Gasteiger partial charge >= 0.3 is 0 Å². The Bertz CT molecular complexity index is 640. The Kier molecular flexibility index (Phi) is 4.03. The molecule has 2 N–H and O–H groups in total. The van der Waals surface area contributed by atoms with Crippen molar-refractivity contribution in [3.8, 4) is 11.4 Å². The maximum absolute atomic E-state index is 6.04. The van der Waals surface area contributed by atoms with E-state index < -0.39 is 0 Å². The lowest BCUT2D eigenvalue weighted by molar-refractivity contribution is 0.200. The molecule has 0 bridgehead atoms. The Hall–Kier alpha value is -1.91. The van der Waals surface area contributed by atoms with E-state index in [4.69, 9.17) is 5.73 Å². The first-order valence-corrected chi connectivity index (χ1v) is 7.35. The molecule has 0 aliphatic rings. The van der Waals surface area contributed by atoms with Gasteiger partial charge in [0.25, 0.3) is 0 Å². The Labute approximate surface area is 126 Å². The van der Waals surface area contributed by atoms with Gasteiger partial charge in [-0.05, 0) is 52.8 Å². The molecule has 1 aromatic carbocycles. The summed E-state index contributed by atoms with van der Waals surface area (Å²) in [5.41, 5.74) is 10.2. The van der Waals surface area contributed by atoms with Crippen LogP contribution in [0.5, 0.6) is 0 Å². The predicted molar refractivity (Wildman–Crippen MR) is 85.8 cm³/mol. The molecule has 1 heterocycles. The van der Waals surface area contributed by atoms with Gasteiger partial charge in [0, 0.05) is 11.3 Å². The normalized spacial score (nSPS) is 12.1. The molecule has 0 spiro atoms. The van der Waals surface area contributed by atoms with Gasteiger partial charge in [-0.1, -0.05) is 33.8 Å². The van der Waals surface area contributed by atoms with Crippen LogP contribution in [0.2, 0.25) is 0 Å². The molecule has 0 unspecified atom stereocenters. The Morgan fingerprint density at radius 2 is 1.86 bits per heavy atom. The molecule has 21 heavy (non-hydrogen) atoms. The molecule has 5 heteroatoms. The minimum absolute atomic E-state index is 0.119. The second-order valence-corrected chi connectivity index (χ2v) is 6.83. The number of rotatable bonds is 4. The van der Waals surface area contributed by atoms with Crippen LogP contribution < -0.4 is 5.73 Å². The molecule has 0 saturated heterocycles. The van der Waals surface area contributed by atoms with Gasteiger partial charge in [-0.3, -0.25) is 0 Å². The smallest absolute Gasteiger partial charge is 0.182 e. The summed E-state index contributed by atoms with van der Waals surface area (Å²) in [4.78, 5) is 0. The molecule has 0 radical (unpaired) electrons. The van der Waals surface area contributed by atoms with Crippen molar-refractivity contribution in [3.05, 3.63) is 23.3 Å². The Balaban J connectivity index is 2.44. The van der Waals surface area contributed by atoms with Gasteiger partial charge in [-0.15, -0.1) is 5.10 Å². The fourth-order valence-corrected chi connectivity index (χ4v) is 2.18. The molecule has 0 atom stereocenters. The number of benzene rings is 1. The topological polar surface area (TPSA) is 69.6 Å². The number of nitrogen functional groups attached to an aromatic ring is 1. The molecule has 0 aliphatic carbocycles. The number of nitrogens with two attached hydrogens (primary N) is 1. The molecule has 114 valence electrons. The molecule has 2 aromatic rings. The van der Waals surface area contributed by atoms with E-state index in [2.05, 4.69) is 56.2 Å². The quantitative estimate of drug-likeness (QED) is 0.877. The number of hydrogen-bond acceptors (Lipinski definition) is 4. The van der Waals surface area contributed by atoms with E-state index in [0.29, 0.717) is 5.92 Å². The predicted octanol–water partition coefficient (Wildman–Crippen LogP) is 3.22. The molecule has 1 aromatic heterocycles. The number of aromatic nitrogens is 4. The SMILES string of the molecule is Cc1cc(C)c(-c2nnnn2CC(C)(C)C(C)C)cc1N. The molecule has 0 saturated carbocycles. The van der Waals surface area contributed by atoms with Crippen LogP contribution in [0, 0.1) is 25.2 Å². The lowest BCUT2D eigenvalue weighted by atomic mass is 9.81. The maximum Gasteiger partial charge on any atom is 0.182 e. The van der Waals surface area contributed by atoms with Crippen LogP contribution >= 0.6 is 0 Å². The fourth-order valence-electron chi connectivity index (χ4n) is 2.18. The van der Waals surface area contributed by atoms with E-state index in [1.165, 1.54) is 0 Å². The van der Waals surface area contributed by atoms with Crippen LogP contribution in [0.1, 0.15) is 38.8 Å². The molecular weight excluding hydrogens is 262 g/mol. The monoisotopic (exact) mass is 287 g/mol. The summed E-state index contributed by atoms with van der Waals surface area (Å²) >= 11 is 0. The van der Waals surface area contributed by atoms with E-state index in [9.17, 15) is 0 Å². The van der Waals surface area contributed by atoms with E-state index in [0.717, 1.165) is 34.7 Å². The lowest BCUT2D eigenvalue weighted by Gasteiger charge is -2.29. The van der Waals surface area contributed by atoms with Crippen molar-refractivity contribution in [2.45, 2.75) is 48.1 Å². The number of nitrogens with zero attached hydrogens (tertiary/aromatic N) is 4. The van der Waals surface area contributed by atoms with Gasteiger partial charge in [0.2, 0.25) is 0 Å². The van der Waals surface area contributed by atoms with Crippen LogP contribution in [0.15, 0.2) is 12.1 Å². The van der Waals surface area contributed by atoms with Crippen molar-refractivity contribution in [2.24, 2.45) is 11.3 Å². The first kappa shape index (κ1) is 15.5. The zero-order chi connectivity index (χ0) is 15.8. The van der Waals surface area contributed by atoms with Gasteiger partial charge in [0.15, 0.2) is 5.82 Å². The van der Waals surface area contributed by atoms with E-state index in [1.807, 2.05) is 17.7 Å². The van der Waals surface area contributed by atoms with Crippen LogP contribution in [0.4, 0.5) is 5.69 Å². The Morgan fingerprint density at radius 3 is 2.48 bits per heavy atom. The van der Waals surface area contributed by atoms with Crippen molar-refractivity contribution >= 4 is 5.69 Å². The van der Waals surface area contributed by atoms with Gasteiger partial charge in [-0.25, -0.2) is 4.68 Å². The van der Waals surface area contributed by atoms with Gasteiger partial charge < -0.3 is 5.73 Å². The molecule has 0 fully saturated rings. The van der Waals surface area contributed by atoms with Crippen molar-refractivity contribution in [3.63, 3.8) is 0 Å².